The van der Waals surface area contributed by atoms with E-state index in [9.17, 15) is 14.7 Å². The van der Waals surface area contributed by atoms with Crippen molar-refractivity contribution in [1.29, 1.82) is 0 Å². The molecule has 0 bridgehead atoms. The number of phenols is 1. The summed E-state index contributed by atoms with van der Waals surface area (Å²) in [5, 5.41) is 9.35. The Morgan fingerprint density at radius 1 is 1.00 bits per heavy atom. The van der Waals surface area contributed by atoms with Gasteiger partial charge in [-0.1, -0.05) is 42.5 Å². The molecule has 26 heavy (non-hydrogen) atoms. The molecule has 2 aromatic carbocycles. The van der Waals surface area contributed by atoms with Crippen molar-refractivity contribution in [3.63, 3.8) is 0 Å². The normalized spacial score (nSPS) is 16.6. The first-order valence-electron chi connectivity index (χ1n) is 9.26. The number of rotatable bonds is 7. The molecule has 1 amide bonds. The summed E-state index contributed by atoms with van der Waals surface area (Å²) >= 11 is 0. The van der Waals surface area contributed by atoms with E-state index in [1.807, 2.05) is 47.4 Å². The minimum absolute atomic E-state index is 0.102. The minimum Gasteiger partial charge on any atom is -0.508 e. The Morgan fingerprint density at radius 2 is 1.73 bits per heavy atom. The number of Topliss-reactive ketones (excluding diaryl/α,β-unsaturated/α-hetero) is 1. The number of aromatic hydroxyl groups is 1. The van der Waals surface area contributed by atoms with E-state index in [0.717, 1.165) is 31.5 Å². The molecule has 1 heterocycles. The fourth-order valence-corrected chi connectivity index (χ4v) is 3.52. The molecule has 2 aromatic rings. The molecule has 4 heteroatoms. The van der Waals surface area contributed by atoms with Crippen LogP contribution in [0.5, 0.6) is 5.75 Å². The fraction of sp³-hybridized carbons (Fsp3) is 0.364. The van der Waals surface area contributed by atoms with Crippen molar-refractivity contribution in [3.8, 4) is 5.75 Å². The van der Waals surface area contributed by atoms with Gasteiger partial charge in [0, 0.05) is 31.5 Å². The highest BCUT2D eigenvalue weighted by atomic mass is 16.3. The summed E-state index contributed by atoms with van der Waals surface area (Å²) in [4.78, 5) is 26.4. The topological polar surface area (TPSA) is 57.6 Å². The van der Waals surface area contributed by atoms with E-state index >= 15 is 0 Å². The van der Waals surface area contributed by atoms with Crippen molar-refractivity contribution in [2.45, 2.75) is 32.1 Å². The molecule has 0 spiro atoms. The summed E-state index contributed by atoms with van der Waals surface area (Å²) < 4.78 is 0. The van der Waals surface area contributed by atoms with E-state index in [-0.39, 0.29) is 17.4 Å². The standard InChI is InChI=1S/C22H25NO3/c24-20-11-9-17(10-12-20)15-18-13-14-23(16-18)22(26)8-4-7-21(25)19-5-2-1-3-6-19/h1-3,5-6,9-12,18,24H,4,7-8,13-16H2. The number of carbonyl (C=O) groups excluding carboxylic acids is 2. The number of hydrogen-bond acceptors (Lipinski definition) is 3. The van der Waals surface area contributed by atoms with E-state index in [1.54, 1.807) is 12.1 Å². The zero-order valence-electron chi connectivity index (χ0n) is 14.9. The van der Waals surface area contributed by atoms with Gasteiger partial charge in [0.05, 0.1) is 0 Å². The first kappa shape index (κ1) is 18.2. The van der Waals surface area contributed by atoms with Crippen LogP contribution >= 0.6 is 0 Å². The fourth-order valence-electron chi connectivity index (χ4n) is 3.52. The third-order valence-corrected chi connectivity index (χ3v) is 4.99. The number of hydrogen-bond donors (Lipinski definition) is 1. The maximum Gasteiger partial charge on any atom is 0.222 e. The highest BCUT2D eigenvalue weighted by molar-refractivity contribution is 5.96. The third-order valence-electron chi connectivity index (χ3n) is 4.99. The summed E-state index contributed by atoms with van der Waals surface area (Å²) in [5.74, 6) is 1.00. The van der Waals surface area contributed by atoms with Gasteiger partial charge in [0.1, 0.15) is 5.75 Å². The second-order valence-electron chi connectivity index (χ2n) is 7.01. The summed E-state index contributed by atoms with van der Waals surface area (Å²) in [6.45, 7) is 1.58. The maximum atomic E-state index is 12.4. The second kappa shape index (κ2) is 8.65. The molecule has 1 unspecified atom stereocenters. The lowest BCUT2D eigenvalue weighted by atomic mass is 9.99. The molecule has 0 aliphatic carbocycles. The molecule has 0 aromatic heterocycles. The van der Waals surface area contributed by atoms with Crippen molar-refractivity contribution in [2.75, 3.05) is 13.1 Å². The third kappa shape index (κ3) is 4.94. The summed E-state index contributed by atoms with van der Waals surface area (Å²) in [5.41, 5.74) is 1.91. The largest absolute Gasteiger partial charge is 0.508 e. The molecule has 1 saturated heterocycles. The number of carbonyl (C=O) groups is 2. The average molecular weight is 351 g/mol. The summed E-state index contributed by atoms with van der Waals surface area (Å²) in [6.07, 6.45) is 3.39. The first-order valence-corrected chi connectivity index (χ1v) is 9.26. The quantitative estimate of drug-likeness (QED) is 0.771. The highest BCUT2D eigenvalue weighted by Crippen LogP contribution is 2.23. The maximum absolute atomic E-state index is 12.4. The van der Waals surface area contributed by atoms with Crippen LogP contribution in [0.15, 0.2) is 54.6 Å². The van der Waals surface area contributed by atoms with Crippen molar-refractivity contribution < 1.29 is 14.7 Å². The molecule has 1 fully saturated rings. The molecule has 3 rings (SSSR count). The van der Waals surface area contributed by atoms with E-state index in [1.165, 1.54) is 5.56 Å². The van der Waals surface area contributed by atoms with E-state index in [4.69, 9.17) is 0 Å². The molecule has 4 nitrogen and oxygen atoms in total. The van der Waals surface area contributed by atoms with Gasteiger partial charge in [-0.2, -0.15) is 0 Å². The van der Waals surface area contributed by atoms with Gasteiger partial charge in [-0.3, -0.25) is 9.59 Å². The molecular formula is C22H25NO3. The van der Waals surface area contributed by atoms with Crippen LogP contribution in [0.1, 0.15) is 41.6 Å². The van der Waals surface area contributed by atoms with Crippen LogP contribution in [0, 0.1) is 5.92 Å². The van der Waals surface area contributed by atoms with Crippen molar-refractivity contribution in [1.82, 2.24) is 4.90 Å². The van der Waals surface area contributed by atoms with E-state index in [2.05, 4.69) is 0 Å². The Labute approximate surface area is 154 Å². The Morgan fingerprint density at radius 3 is 2.46 bits per heavy atom. The van der Waals surface area contributed by atoms with Gasteiger partial charge >= 0.3 is 0 Å². The minimum atomic E-state index is 0.102. The number of ketones is 1. The smallest absolute Gasteiger partial charge is 0.222 e. The van der Waals surface area contributed by atoms with Crippen molar-refractivity contribution in [2.24, 2.45) is 5.92 Å². The lowest BCUT2D eigenvalue weighted by Gasteiger charge is -2.16. The lowest BCUT2D eigenvalue weighted by Crippen LogP contribution is -2.28. The highest BCUT2D eigenvalue weighted by Gasteiger charge is 2.26. The van der Waals surface area contributed by atoms with Crippen LogP contribution in [-0.4, -0.2) is 34.8 Å². The van der Waals surface area contributed by atoms with Gasteiger partial charge in [0.15, 0.2) is 5.78 Å². The second-order valence-corrected chi connectivity index (χ2v) is 7.01. The van der Waals surface area contributed by atoms with E-state index < -0.39 is 0 Å². The van der Waals surface area contributed by atoms with Crippen LogP contribution < -0.4 is 0 Å². The Balaban J connectivity index is 1.40. The molecule has 1 aliphatic heterocycles. The number of likely N-dealkylation sites (tertiary alicyclic amines) is 1. The monoisotopic (exact) mass is 351 g/mol. The number of phenolic OH excluding ortho intramolecular Hbond substituents is 1. The molecule has 1 aliphatic rings. The summed E-state index contributed by atoms with van der Waals surface area (Å²) in [7, 11) is 0. The zero-order chi connectivity index (χ0) is 18.4. The Hall–Kier alpha value is -2.62. The van der Waals surface area contributed by atoms with Crippen LogP contribution in [-0.2, 0) is 11.2 Å². The van der Waals surface area contributed by atoms with Gasteiger partial charge in [-0.25, -0.2) is 0 Å². The molecule has 1 N–H and O–H groups in total. The van der Waals surface area contributed by atoms with E-state index in [0.29, 0.717) is 25.2 Å². The predicted molar refractivity (Wildman–Crippen MR) is 101 cm³/mol. The summed E-state index contributed by atoms with van der Waals surface area (Å²) in [6, 6.07) is 16.5. The van der Waals surface area contributed by atoms with Gasteiger partial charge in [0.25, 0.3) is 0 Å². The van der Waals surface area contributed by atoms with Gasteiger partial charge in [-0.15, -0.1) is 0 Å². The van der Waals surface area contributed by atoms with Gasteiger partial charge < -0.3 is 10.0 Å². The van der Waals surface area contributed by atoms with Gasteiger partial charge in [0.2, 0.25) is 5.91 Å². The number of nitrogens with zero attached hydrogens (tertiary/aromatic N) is 1. The lowest BCUT2D eigenvalue weighted by molar-refractivity contribution is -0.130. The van der Waals surface area contributed by atoms with Crippen LogP contribution in [0.4, 0.5) is 0 Å². The zero-order valence-corrected chi connectivity index (χ0v) is 14.9. The van der Waals surface area contributed by atoms with Crippen LogP contribution in [0.25, 0.3) is 0 Å². The SMILES string of the molecule is O=C(CCCC(=O)N1CCC(Cc2ccc(O)cc2)C1)c1ccccc1. The average Bonchev–Trinajstić information content (AvgIpc) is 3.13. The predicted octanol–water partition coefficient (Wildman–Crippen LogP) is 3.84. The van der Waals surface area contributed by atoms with Gasteiger partial charge in [-0.05, 0) is 42.9 Å². The molecule has 0 saturated carbocycles. The Kier molecular flexibility index (Phi) is 6.05. The molecular weight excluding hydrogens is 326 g/mol. The van der Waals surface area contributed by atoms with Crippen molar-refractivity contribution >= 4 is 11.7 Å². The van der Waals surface area contributed by atoms with Crippen LogP contribution in [0.3, 0.4) is 0 Å². The molecule has 0 radical (unpaired) electrons. The molecule has 136 valence electrons. The number of amides is 1. The Bertz CT molecular complexity index is 740. The number of benzene rings is 2. The first-order chi connectivity index (χ1) is 12.6. The van der Waals surface area contributed by atoms with Crippen molar-refractivity contribution in [3.05, 3.63) is 65.7 Å². The molecule has 1 atom stereocenters. The van der Waals surface area contributed by atoms with Crippen LogP contribution in [0.2, 0.25) is 0 Å².